The number of ketones is 1. The fourth-order valence-corrected chi connectivity index (χ4v) is 5.68. The minimum atomic E-state index is -3.41. The van der Waals surface area contributed by atoms with Gasteiger partial charge in [-0.15, -0.1) is 0 Å². The smallest absolute Gasteiger partial charge is 0.344 e. The maximum absolute atomic E-state index is 12.2. The standard InChI is InChI=1S/C13H18O5S2/c1-3-18-12(15)11-8-6-4-5-7-9(14)10(8)13(19-11)20(2,16)17/h10,13H,3-7H2,1-2H3. The molecular weight excluding hydrogens is 300 g/mol. The van der Waals surface area contributed by atoms with E-state index in [0.29, 0.717) is 23.3 Å². The fourth-order valence-electron chi connectivity index (χ4n) is 2.66. The molecule has 20 heavy (non-hydrogen) atoms. The summed E-state index contributed by atoms with van der Waals surface area (Å²) in [5, 5.41) is 0. The largest absolute Gasteiger partial charge is 0.462 e. The van der Waals surface area contributed by atoms with Crippen LogP contribution in [0.1, 0.15) is 32.6 Å². The lowest BCUT2D eigenvalue weighted by Gasteiger charge is -2.17. The Morgan fingerprint density at radius 2 is 2.00 bits per heavy atom. The molecule has 2 aliphatic rings. The van der Waals surface area contributed by atoms with E-state index < -0.39 is 26.3 Å². The number of esters is 1. The maximum atomic E-state index is 12.2. The van der Waals surface area contributed by atoms with Crippen molar-refractivity contribution in [2.75, 3.05) is 12.9 Å². The monoisotopic (exact) mass is 318 g/mol. The molecule has 0 N–H and O–H groups in total. The molecule has 0 radical (unpaired) electrons. The number of hydrogen-bond donors (Lipinski definition) is 0. The van der Waals surface area contributed by atoms with E-state index in [2.05, 4.69) is 0 Å². The zero-order valence-corrected chi connectivity index (χ0v) is 13.2. The van der Waals surface area contributed by atoms with Crippen LogP contribution < -0.4 is 0 Å². The Balaban J connectivity index is 2.44. The van der Waals surface area contributed by atoms with Gasteiger partial charge in [-0.1, -0.05) is 11.8 Å². The summed E-state index contributed by atoms with van der Waals surface area (Å²) in [5.41, 5.74) is 0.673. The first kappa shape index (κ1) is 15.6. The molecule has 7 heteroatoms. The summed E-state index contributed by atoms with van der Waals surface area (Å²) in [5.74, 6) is -1.24. The van der Waals surface area contributed by atoms with E-state index in [1.165, 1.54) is 0 Å². The number of carbonyl (C=O) groups excluding carboxylic acids is 2. The summed E-state index contributed by atoms with van der Waals surface area (Å²) in [6.07, 6.45) is 3.66. The van der Waals surface area contributed by atoms with Crippen molar-refractivity contribution in [3.63, 3.8) is 0 Å². The lowest BCUT2D eigenvalue weighted by molar-refractivity contribution is -0.137. The topological polar surface area (TPSA) is 77.5 Å². The highest BCUT2D eigenvalue weighted by molar-refractivity contribution is 8.16. The third kappa shape index (κ3) is 2.93. The lowest BCUT2D eigenvalue weighted by atomic mass is 9.94. The molecule has 1 saturated carbocycles. The van der Waals surface area contributed by atoms with E-state index in [9.17, 15) is 18.0 Å². The van der Waals surface area contributed by atoms with Crippen LogP contribution in [-0.2, 0) is 24.2 Å². The van der Waals surface area contributed by atoms with Crippen LogP contribution in [0.15, 0.2) is 10.5 Å². The van der Waals surface area contributed by atoms with E-state index in [4.69, 9.17) is 4.74 Å². The summed E-state index contributed by atoms with van der Waals surface area (Å²) in [7, 11) is -3.41. The predicted octanol–water partition coefficient (Wildman–Crippen LogP) is 1.68. The zero-order chi connectivity index (χ0) is 14.9. The first-order valence-corrected chi connectivity index (χ1v) is 9.48. The molecule has 1 aliphatic heterocycles. The molecular formula is C13H18O5S2. The van der Waals surface area contributed by atoms with E-state index in [1.807, 2.05) is 0 Å². The number of rotatable bonds is 3. The molecule has 112 valence electrons. The van der Waals surface area contributed by atoms with Crippen LogP contribution in [0.2, 0.25) is 0 Å². The van der Waals surface area contributed by atoms with Crippen molar-refractivity contribution in [1.29, 1.82) is 0 Å². The molecule has 0 aromatic heterocycles. The number of thioether (sulfide) groups is 1. The molecule has 2 rings (SSSR count). The molecule has 0 saturated heterocycles. The van der Waals surface area contributed by atoms with Gasteiger partial charge in [0.25, 0.3) is 0 Å². The van der Waals surface area contributed by atoms with Crippen molar-refractivity contribution in [1.82, 2.24) is 0 Å². The average molecular weight is 318 g/mol. The highest BCUT2D eigenvalue weighted by atomic mass is 32.3. The Bertz CT molecular complexity index is 561. The molecule has 1 heterocycles. The quantitative estimate of drug-likeness (QED) is 0.737. The molecule has 1 aliphatic carbocycles. The van der Waals surface area contributed by atoms with Gasteiger partial charge in [0.1, 0.15) is 10.4 Å². The maximum Gasteiger partial charge on any atom is 0.344 e. The number of hydrogen-bond acceptors (Lipinski definition) is 6. The van der Waals surface area contributed by atoms with Crippen LogP contribution in [0.5, 0.6) is 0 Å². The fraction of sp³-hybridized carbons (Fsp3) is 0.692. The number of Topliss-reactive ketones (excluding diaryl/α,β-unsaturated/α-hetero) is 1. The van der Waals surface area contributed by atoms with Crippen LogP contribution in [0.4, 0.5) is 0 Å². The van der Waals surface area contributed by atoms with Crippen LogP contribution >= 0.6 is 11.8 Å². The van der Waals surface area contributed by atoms with E-state index in [1.54, 1.807) is 6.92 Å². The third-order valence-electron chi connectivity index (χ3n) is 3.52. The Morgan fingerprint density at radius 1 is 1.35 bits per heavy atom. The second-order valence-corrected chi connectivity index (χ2v) is 8.66. The molecule has 2 unspecified atom stereocenters. The van der Waals surface area contributed by atoms with Gasteiger partial charge < -0.3 is 4.74 Å². The van der Waals surface area contributed by atoms with E-state index >= 15 is 0 Å². The third-order valence-corrected chi connectivity index (χ3v) is 7.14. The van der Waals surface area contributed by atoms with Crippen LogP contribution in [0.3, 0.4) is 0 Å². The molecule has 1 fully saturated rings. The Morgan fingerprint density at radius 3 is 2.60 bits per heavy atom. The van der Waals surface area contributed by atoms with E-state index in [-0.39, 0.29) is 12.4 Å². The van der Waals surface area contributed by atoms with Gasteiger partial charge in [-0.3, -0.25) is 4.79 Å². The molecule has 0 aromatic rings. The van der Waals surface area contributed by atoms with Crippen LogP contribution in [0, 0.1) is 5.92 Å². The van der Waals surface area contributed by atoms with Crippen molar-refractivity contribution in [3.05, 3.63) is 10.5 Å². The lowest BCUT2D eigenvalue weighted by Crippen LogP contribution is -2.29. The molecule has 0 spiro atoms. The number of allylic oxidation sites excluding steroid dienone is 1. The summed E-state index contributed by atoms with van der Waals surface area (Å²) in [6.45, 7) is 1.94. The number of fused-ring (bicyclic) bond motifs is 1. The Kier molecular flexibility index (Phi) is 4.59. The molecule has 2 atom stereocenters. The minimum absolute atomic E-state index is 0.0697. The van der Waals surface area contributed by atoms with Crippen LogP contribution in [0.25, 0.3) is 0 Å². The first-order chi connectivity index (χ1) is 9.36. The second-order valence-electron chi connectivity index (χ2n) is 5.04. The number of sulfone groups is 1. The van der Waals surface area contributed by atoms with Crippen molar-refractivity contribution < 1.29 is 22.7 Å². The highest BCUT2D eigenvalue weighted by Crippen LogP contribution is 2.48. The highest BCUT2D eigenvalue weighted by Gasteiger charge is 2.47. The van der Waals surface area contributed by atoms with Crippen molar-refractivity contribution in [2.24, 2.45) is 5.92 Å². The van der Waals surface area contributed by atoms with E-state index in [0.717, 1.165) is 30.9 Å². The SMILES string of the molecule is CCOC(=O)C1=C2CCCCC(=O)C2C(S(C)(=O)=O)S1. The van der Waals surface area contributed by atoms with Crippen molar-refractivity contribution in [3.8, 4) is 0 Å². The Labute approximate surface area is 123 Å². The predicted molar refractivity (Wildman–Crippen MR) is 76.8 cm³/mol. The Hall–Kier alpha value is -0.820. The normalized spacial score (nSPS) is 27.2. The van der Waals surface area contributed by atoms with Crippen molar-refractivity contribution >= 4 is 33.4 Å². The summed E-state index contributed by atoms with van der Waals surface area (Å²) in [4.78, 5) is 24.5. The van der Waals surface area contributed by atoms with Gasteiger partial charge in [0.2, 0.25) is 0 Å². The van der Waals surface area contributed by atoms with Crippen molar-refractivity contribution in [2.45, 2.75) is 37.2 Å². The van der Waals surface area contributed by atoms with Crippen LogP contribution in [-0.4, -0.2) is 37.6 Å². The first-order valence-electron chi connectivity index (χ1n) is 6.64. The molecule has 5 nitrogen and oxygen atoms in total. The van der Waals surface area contributed by atoms with Gasteiger partial charge in [0.05, 0.1) is 17.4 Å². The summed E-state index contributed by atoms with van der Waals surface area (Å²) >= 11 is 0.980. The molecule has 0 aromatic carbocycles. The summed E-state index contributed by atoms with van der Waals surface area (Å²) in [6, 6.07) is 0. The molecule has 0 amide bonds. The van der Waals surface area contributed by atoms with Gasteiger partial charge >= 0.3 is 5.97 Å². The van der Waals surface area contributed by atoms with Gasteiger partial charge in [-0.2, -0.15) is 0 Å². The van der Waals surface area contributed by atoms with Gasteiger partial charge in [0, 0.05) is 12.7 Å². The van der Waals surface area contributed by atoms with Gasteiger partial charge in [-0.25, -0.2) is 13.2 Å². The number of ether oxygens (including phenoxy) is 1. The van der Waals surface area contributed by atoms with Gasteiger partial charge in [0.15, 0.2) is 9.84 Å². The minimum Gasteiger partial charge on any atom is -0.462 e. The second kappa shape index (κ2) is 5.89. The number of carbonyl (C=O) groups is 2. The summed E-state index contributed by atoms with van der Waals surface area (Å²) < 4.78 is 28.0. The zero-order valence-electron chi connectivity index (χ0n) is 11.5. The van der Waals surface area contributed by atoms with Gasteiger partial charge in [-0.05, 0) is 31.8 Å². The molecule has 0 bridgehead atoms. The average Bonchev–Trinajstić information content (AvgIpc) is 2.65.